The van der Waals surface area contributed by atoms with Crippen molar-refractivity contribution in [2.24, 2.45) is 5.73 Å². The summed E-state index contributed by atoms with van der Waals surface area (Å²) < 4.78 is 5.52. The molecule has 1 atom stereocenters. The number of H-pyrrole nitrogens is 1. The fourth-order valence-electron chi connectivity index (χ4n) is 2.09. The van der Waals surface area contributed by atoms with Crippen LogP contribution in [-0.2, 0) is 4.74 Å². The molecule has 0 amide bonds. The topological polar surface area (TPSA) is 51.0 Å². The first-order valence-electron chi connectivity index (χ1n) is 6.61. The molecule has 0 radical (unpaired) electrons. The van der Waals surface area contributed by atoms with Crippen LogP contribution in [0.4, 0.5) is 0 Å². The van der Waals surface area contributed by atoms with E-state index >= 15 is 0 Å². The summed E-state index contributed by atoms with van der Waals surface area (Å²) in [4.78, 5) is 3.22. The fraction of sp³-hybridized carbons (Fsp3) is 0.467. The zero-order chi connectivity index (χ0) is 13.0. The first-order chi connectivity index (χ1) is 8.66. The molecule has 1 aromatic heterocycles. The first kappa shape index (κ1) is 13.1. The summed E-state index contributed by atoms with van der Waals surface area (Å²) in [6.07, 6.45) is 4.22. The molecule has 98 valence electrons. The Balaban J connectivity index is 1.89. The second-order valence-electron chi connectivity index (χ2n) is 4.99. The molecule has 18 heavy (non-hydrogen) atoms. The molecule has 0 bridgehead atoms. The van der Waals surface area contributed by atoms with E-state index in [0.29, 0.717) is 6.10 Å². The summed E-state index contributed by atoms with van der Waals surface area (Å²) in [6, 6.07) is 8.54. The normalized spacial score (nSPS) is 13.3. The van der Waals surface area contributed by atoms with Crippen molar-refractivity contribution in [2.75, 3.05) is 6.61 Å². The number of hydrogen-bond acceptors (Lipinski definition) is 2. The average Bonchev–Trinajstić information content (AvgIpc) is 2.81. The summed E-state index contributed by atoms with van der Waals surface area (Å²) >= 11 is 0. The Morgan fingerprint density at radius 3 is 2.89 bits per heavy atom. The van der Waals surface area contributed by atoms with E-state index in [-0.39, 0.29) is 6.04 Å². The Kier molecular flexibility index (Phi) is 4.39. The minimum absolute atomic E-state index is 0.0912. The van der Waals surface area contributed by atoms with Crippen LogP contribution < -0.4 is 5.73 Å². The molecule has 1 aromatic carbocycles. The highest BCUT2D eigenvalue weighted by Gasteiger charge is 2.07. The van der Waals surface area contributed by atoms with E-state index in [1.54, 1.807) is 0 Å². The SMILES string of the molecule is CC(C)OCCCC(N)c1ccc2cc[nH]c2c1. The lowest BCUT2D eigenvalue weighted by molar-refractivity contribution is 0.0751. The lowest BCUT2D eigenvalue weighted by Gasteiger charge is -2.13. The second-order valence-corrected chi connectivity index (χ2v) is 4.99. The van der Waals surface area contributed by atoms with Crippen molar-refractivity contribution < 1.29 is 4.74 Å². The summed E-state index contributed by atoms with van der Waals surface area (Å²) in [7, 11) is 0. The predicted octanol–water partition coefficient (Wildman–Crippen LogP) is 3.37. The van der Waals surface area contributed by atoms with Crippen LogP contribution in [0.15, 0.2) is 30.5 Å². The summed E-state index contributed by atoms with van der Waals surface area (Å²) in [5.41, 5.74) is 8.55. The van der Waals surface area contributed by atoms with Crippen molar-refractivity contribution in [2.45, 2.75) is 38.8 Å². The van der Waals surface area contributed by atoms with Crippen molar-refractivity contribution in [1.29, 1.82) is 0 Å². The third kappa shape index (κ3) is 3.34. The number of aromatic amines is 1. The van der Waals surface area contributed by atoms with Gasteiger partial charge in [-0.2, -0.15) is 0 Å². The molecule has 0 fully saturated rings. The largest absolute Gasteiger partial charge is 0.379 e. The number of nitrogens with one attached hydrogen (secondary N) is 1. The van der Waals surface area contributed by atoms with Crippen LogP contribution in [-0.4, -0.2) is 17.7 Å². The van der Waals surface area contributed by atoms with Gasteiger partial charge in [0, 0.05) is 24.4 Å². The Morgan fingerprint density at radius 2 is 2.11 bits per heavy atom. The van der Waals surface area contributed by atoms with E-state index in [1.807, 2.05) is 6.20 Å². The summed E-state index contributed by atoms with van der Waals surface area (Å²) in [6.45, 7) is 4.90. The Morgan fingerprint density at radius 1 is 1.28 bits per heavy atom. The van der Waals surface area contributed by atoms with Gasteiger partial charge in [0.05, 0.1) is 6.10 Å². The molecule has 2 rings (SSSR count). The Hall–Kier alpha value is -1.32. The monoisotopic (exact) mass is 246 g/mol. The third-order valence-electron chi connectivity index (χ3n) is 3.12. The van der Waals surface area contributed by atoms with Gasteiger partial charge in [-0.05, 0) is 49.8 Å². The summed E-state index contributed by atoms with van der Waals surface area (Å²) in [5.74, 6) is 0. The highest BCUT2D eigenvalue weighted by molar-refractivity contribution is 5.79. The zero-order valence-corrected chi connectivity index (χ0v) is 11.1. The van der Waals surface area contributed by atoms with E-state index in [4.69, 9.17) is 10.5 Å². The van der Waals surface area contributed by atoms with Crippen molar-refractivity contribution in [3.05, 3.63) is 36.0 Å². The van der Waals surface area contributed by atoms with Gasteiger partial charge in [0.25, 0.3) is 0 Å². The van der Waals surface area contributed by atoms with Crippen LogP contribution in [0.3, 0.4) is 0 Å². The number of benzene rings is 1. The fourth-order valence-corrected chi connectivity index (χ4v) is 2.09. The van der Waals surface area contributed by atoms with Gasteiger partial charge in [-0.15, -0.1) is 0 Å². The average molecular weight is 246 g/mol. The van der Waals surface area contributed by atoms with E-state index in [9.17, 15) is 0 Å². The standard InChI is InChI=1S/C15H22N2O/c1-11(2)18-9-3-4-14(16)13-6-5-12-7-8-17-15(12)10-13/h5-8,10-11,14,17H,3-4,9,16H2,1-2H3. The molecule has 1 unspecified atom stereocenters. The minimum atomic E-state index is 0.0912. The van der Waals surface area contributed by atoms with E-state index < -0.39 is 0 Å². The second kappa shape index (κ2) is 6.03. The van der Waals surface area contributed by atoms with Gasteiger partial charge in [0.2, 0.25) is 0 Å². The molecule has 0 saturated heterocycles. The van der Waals surface area contributed by atoms with Crippen molar-refractivity contribution in [3.8, 4) is 0 Å². The zero-order valence-electron chi connectivity index (χ0n) is 11.1. The van der Waals surface area contributed by atoms with Gasteiger partial charge in [-0.25, -0.2) is 0 Å². The molecule has 0 spiro atoms. The number of rotatable bonds is 6. The number of hydrogen-bond donors (Lipinski definition) is 2. The lowest BCUT2D eigenvalue weighted by Crippen LogP contribution is -2.12. The highest BCUT2D eigenvalue weighted by Crippen LogP contribution is 2.21. The molecule has 2 aromatic rings. The molecular weight excluding hydrogens is 224 g/mol. The van der Waals surface area contributed by atoms with E-state index in [2.05, 4.69) is 43.1 Å². The van der Waals surface area contributed by atoms with Crippen LogP contribution >= 0.6 is 0 Å². The molecular formula is C15H22N2O. The number of aromatic nitrogens is 1. The van der Waals surface area contributed by atoms with Gasteiger partial charge in [-0.1, -0.05) is 12.1 Å². The maximum Gasteiger partial charge on any atom is 0.0518 e. The molecule has 0 aliphatic rings. The Labute approximate surface area is 108 Å². The number of nitrogens with two attached hydrogens (primary N) is 1. The molecule has 1 heterocycles. The van der Waals surface area contributed by atoms with Gasteiger partial charge in [-0.3, -0.25) is 0 Å². The van der Waals surface area contributed by atoms with Gasteiger partial charge < -0.3 is 15.5 Å². The van der Waals surface area contributed by atoms with E-state index in [0.717, 1.165) is 25.0 Å². The van der Waals surface area contributed by atoms with Crippen LogP contribution in [0.2, 0.25) is 0 Å². The third-order valence-corrected chi connectivity index (χ3v) is 3.12. The first-order valence-corrected chi connectivity index (χ1v) is 6.61. The maximum absolute atomic E-state index is 6.20. The summed E-state index contributed by atoms with van der Waals surface area (Å²) in [5, 5.41) is 1.23. The lowest BCUT2D eigenvalue weighted by atomic mass is 10.0. The van der Waals surface area contributed by atoms with Crippen LogP contribution in [0, 0.1) is 0 Å². The van der Waals surface area contributed by atoms with Crippen molar-refractivity contribution >= 4 is 10.9 Å². The Bertz CT molecular complexity index is 490. The molecule has 3 heteroatoms. The van der Waals surface area contributed by atoms with Crippen molar-refractivity contribution in [1.82, 2.24) is 4.98 Å². The quantitative estimate of drug-likeness (QED) is 0.768. The number of ether oxygens (including phenoxy) is 1. The molecule has 0 aliphatic heterocycles. The predicted molar refractivity (Wildman–Crippen MR) is 75.5 cm³/mol. The van der Waals surface area contributed by atoms with Crippen LogP contribution in [0.1, 0.15) is 38.3 Å². The smallest absolute Gasteiger partial charge is 0.0518 e. The van der Waals surface area contributed by atoms with Gasteiger partial charge >= 0.3 is 0 Å². The molecule has 0 saturated carbocycles. The van der Waals surface area contributed by atoms with Crippen molar-refractivity contribution in [3.63, 3.8) is 0 Å². The van der Waals surface area contributed by atoms with Crippen LogP contribution in [0.25, 0.3) is 10.9 Å². The maximum atomic E-state index is 6.20. The van der Waals surface area contributed by atoms with E-state index in [1.165, 1.54) is 10.9 Å². The molecule has 0 aliphatic carbocycles. The minimum Gasteiger partial charge on any atom is -0.379 e. The van der Waals surface area contributed by atoms with Crippen LogP contribution in [0.5, 0.6) is 0 Å². The number of fused-ring (bicyclic) bond motifs is 1. The molecule has 3 nitrogen and oxygen atoms in total. The molecule has 3 N–H and O–H groups in total. The van der Waals surface area contributed by atoms with Gasteiger partial charge in [0.15, 0.2) is 0 Å². The highest BCUT2D eigenvalue weighted by atomic mass is 16.5. The van der Waals surface area contributed by atoms with Gasteiger partial charge in [0.1, 0.15) is 0 Å².